The van der Waals surface area contributed by atoms with Gasteiger partial charge < -0.3 is 15.3 Å². The maximum absolute atomic E-state index is 12.1. The van der Waals surface area contributed by atoms with E-state index in [1.807, 2.05) is 6.92 Å². The van der Waals surface area contributed by atoms with Gasteiger partial charge in [-0.25, -0.2) is 0 Å². The highest BCUT2D eigenvalue weighted by atomic mass is 16.4. The van der Waals surface area contributed by atoms with Crippen molar-refractivity contribution in [3.63, 3.8) is 0 Å². The van der Waals surface area contributed by atoms with Crippen LogP contribution in [0.1, 0.15) is 59.7 Å². The number of carbonyl (C=O) groups excluding carboxylic acids is 2. The van der Waals surface area contributed by atoms with Crippen LogP contribution in [-0.2, 0) is 4.79 Å². The molecule has 0 aromatic heterocycles. The van der Waals surface area contributed by atoms with Gasteiger partial charge in [-0.05, 0) is 38.0 Å². The molecule has 0 unspecified atom stereocenters. The normalized spacial score (nSPS) is 10.2. The van der Waals surface area contributed by atoms with Crippen LogP contribution in [0.4, 0.5) is 0 Å². The minimum absolute atomic E-state index is 0.106. The fourth-order valence-electron chi connectivity index (χ4n) is 2.22. The Kier molecular flexibility index (Phi) is 8.54. The molecule has 0 spiro atoms. The van der Waals surface area contributed by atoms with Crippen molar-refractivity contribution in [2.24, 2.45) is 0 Å². The van der Waals surface area contributed by atoms with E-state index in [0.717, 1.165) is 19.3 Å². The minimum Gasteiger partial charge on any atom is -0.481 e. The lowest BCUT2D eigenvalue weighted by Gasteiger charge is -2.14. The Morgan fingerprint density at radius 1 is 1.08 bits per heavy atom. The number of hydrogen-bond donors (Lipinski definition) is 2. The van der Waals surface area contributed by atoms with Crippen molar-refractivity contribution in [1.82, 2.24) is 10.2 Å². The second-order valence-electron chi connectivity index (χ2n) is 5.71. The molecule has 0 atom stereocenters. The third kappa shape index (κ3) is 6.81. The molecule has 0 bridgehead atoms. The summed E-state index contributed by atoms with van der Waals surface area (Å²) in [5.74, 6) is -1.08. The zero-order valence-electron chi connectivity index (χ0n) is 14.4. The Hall–Kier alpha value is -2.37. The van der Waals surface area contributed by atoms with Crippen LogP contribution in [0.3, 0.4) is 0 Å². The maximum atomic E-state index is 12.1. The molecule has 2 N–H and O–H groups in total. The minimum atomic E-state index is -0.772. The Bertz CT molecular complexity index is 572. The van der Waals surface area contributed by atoms with E-state index in [1.165, 1.54) is 0 Å². The van der Waals surface area contributed by atoms with E-state index in [-0.39, 0.29) is 18.2 Å². The molecule has 24 heavy (non-hydrogen) atoms. The molecule has 0 fully saturated rings. The van der Waals surface area contributed by atoms with E-state index in [0.29, 0.717) is 30.6 Å². The van der Waals surface area contributed by atoms with Gasteiger partial charge in [0.25, 0.3) is 11.8 Å². The Labute approximate surface area is 142 Å². The lowest BCUT2D eigenvalue weighted by molar-refractivity contribution is -0.137. The molecular weight excluding hydrogens is 308 g/mol. The summed E-state index contributed by atoms with van der Waals surface area (Å²) in [4.78, 5) is 36.2. The summed E-state index contributed by atoms with van der Waals surface area (Å²) < 4.78 is 0. The topological polar surface area (TPSA) is 86.7 Å². The van der Waals surface area contributed by atoms with Gasteiger partial charge in [0.2, 0.25) is 0 Å². The monoisotopic (exact) mass is 334 g/mol. The van der Waals surface area contributed by atoms with Crippen molar-refractivity contribution >= 4 is 17.8 Å². The number of nitrogens with one attached hydrogen (secondary N) is 1. The molecule has 0 saturated carbocycles. The molecule has 1 rings (SSSR count). The van der Waals surface area contributed by atoms with Crippen molar-refractivity contribution in [2.75, 3.05) is 20.1 Å². The predicted molar refractivity (Wildman–Crippen MR) is 92.1 cm³/mol. The highest BCUT2D eigenvalue weighted by Crippen LogP contribution is 2.08. The van der Waals surface area contributed by atoms with Crippen LogP contribution >= 0.6 is 0 Å². The van der Waals surface area contributed by atoms with Crippen LogP contribution in [0.2, 0.25) is 0 Å². The fourth-order valence-corrected chi connectivity index (χ4v) is 2.22. The summed E-state index contributed by atoms with van der Waals surface area (Å²) >= 11 is 0. The molecule has 2 amide bonds. The number of hydrogen-bond acceptors (Lipinski definition) is 3. The van der Waals surface area contributed by atoms with Crippen molar-refractivity contribution in [1.29, 1.82) is 0 Å². The molecular formula is C18H26N2O4. The molecule has 1 aromatic rings. The number of nitrogens with zero attached hydrogens (tertiary/aromatic N) is 1. The molecule has 6 nitrogen and oxygen atoms in total. The van der Waals surface area contributed by atoms with Gasteiger partial charge in [-0.3, -0.25) is 14.4 Å². The van der Waals surface area contributed by atoms with Gasteiger partial charge in [-0.1, -0.05) is 18.9 Å². The van der Waals surface area contributed by atoms with Crippen LogP contribution in [0, 0.1) is 0 Å². The summed E-state index contributed by atoms with van der Waals surface area (Å²) in [6, 6.07) is 6.70. The lowest BCUT2D eigenvalue weighted by atomic mass is 10.1. The van der Waals surface area contributed by atoms with Crippen molar-refractivity contribution in [3.8, 4) is 0 Å². The summed E-state index contributed by atoms with van der Waals surface area (Å²) in [6.45, 7) is 3.04. The molecule has 0 saturated heterocycles. The largest absolute Gasteiger partial charge is 0.481 e. The van der Waals surface area contributed by atoms with E-state index in [4.69, 9.17) is 5.11 Å². The molecule has 1 aromatic carbocycles. The number of aliphatic carboxylic acids is 1. The molecule has 0 aliphatic heterocycles. The third-order valence-corrected chi connectivity index (χ3v) is 3.80. The number of carboxylic acid groups (broad SMARTS) is 1. The van der Waals surface area contributed by atoms with Gasteiger partial charge in [0.1, 0.15) is 0 Å². The van der Waals surface area contributed by atoms with Crippen LogP contribution in [0.25, 0.3) is 0 Å². The Balaban J connectivity index is 2.40. The van der Waals surface area contributed by atoms with Gasteiger partial charge in [0, 0.05) is 37.7 Å². The molecule has 6 heteroatoms. The molecule has 0 radical (unpaired) electrons. The summed E-state index contributed by atoms with van der Waals surface area (Å²) in [7, 11) is 1.72. The predicted octanol–water partition coefficient (Wildman–Crippen LogP) is 2.54. The first-order chi connectivity index (χ1) is 11.5. The maximum Gasteiger partial charge on any atom is 0.303 e. The summed E-state index contributed by atoms with van der Waals surface area (Å²) in [5, 5.41) is 11.4. The van der Waals surface area contributed by atoms with E-state index in [1.54, 1.807) is 36.2 Å². The number of amides is 2. The number of carbonyl (C=O) groups is 3. The van der Waals surface area contributed by atoms with Crippen LogP contribution in [0.15, 0.2) is 24.3 Å². The zero-order valence-corrected chi connectivity index (χ0v) is 14.4. The smallest absolute Gasteiger partial charge is 0.303 e. The van der Waals surface area contributed by atoms with Gasteiger partial charge in [-0.2, -0.15) is 0 Å². The summed E-state index contributed by atoms with van der Waals surface area (Å²) in [5.41, 5.74) is 0.969. The van der Waals surface area contributed by atoms with Gasteiger partial charge in [0.15, 0.2) is 0 Å². The molecule has 132 valence electrons. The number of benzene rings is 1. The van der Waals surface area contributed by atoms with E-state index < -0.39 is 5.97 Å². The number of carboxylic acids is 1. The Morgan fingerprint density at radius 2 is 1.75 bits per heavy atom. The average molecular weight is 334 g/mol. The van der Waals surface area contributed by atoms with Crippen LogP contribution in [-0.4, -0.2) is 47.9 Å². The van der Waals surface area contributed by atoms with Crippen LogP contribution < -0.4 is 5.32 Å². The lowest BCUT2D eigenvalue weighted by Crippen LogP contribution is -2.27. The molecule has 0 heterocycles. The Morgan fingerprint density at radius 3 is 2.42 bits per heavy atom. The first-order valence-electron chi connectivity index (χ1n) is 8.31. The van der Waals surface area contributed by atoms with E-state index >= 15 is 0 Å². The zero-order chi connectivity index (χ0) is 17.9. The van der Waals surface area contributed by atoms with Gasteiger partial charge in [0.05, 0.1) is 0 Å². The molecule has 0 aliphatic carbocycles. The quantitative estimate of drug-likeness (QED) is 0.644. The second kappa shape index (κ2) is 10.4. The standard InChI is InChI=1S/C18H26N2O4/c1-3-20(2)18(24)15-10-8-9-14(13-15)17(23)19-12-7-5-4-6-11-16(21)22/h8-10,13H,3-7,11-12H2,1-2H3,(H,19,23)(H,21,22). The van der Waals surface area contributed by atoms with Crippen molar-refractivity contribution < 1.29 is 19.5 Å². The molecule has 0 aliphatic rings. The number of rotatable bonds is 10. The van der Waals surface area contributed by atoms with Gasteiger partial charge >= 0.3 is 5.97 Å². The van der Waals surface area contributed by atoms with Crippen LogP contribution in [0.5, 0.6) is 0 Å². The highest BCUT2D eigenvalue weighted by molar-refractivity contribution is 5.99. The van der Waals surface area contributed by atoms with E-state index in [2.05, 4.69) is 5.32 Å². The number of unbranched alkanes of at least 4 members (excludes halogenated alkanes) is 3. The second-order valence-corrected chi connectivity index (χ2v) is 5.71. The van der Waals surface area contributed by atoms with E-state index in [9.17, 15) is 14.4 Å². The first kappa shape index (κ1) is 19.7. The highest BCUT2D eigenvalue weighted by Gasteiger charge is 2.12. The van der Waals surface area contributed by atoms with Gasteiger partial charge in [-0.15, -0.1) is 0 Å². The van der Waals surface area contributed by atoms with Crippen molar-refractivity contribution in [3.05, 3.63) is 35.4 Å². The summed E-state index contributed by atoms with van der Waals surface area (Å²) in [6.07, 6.45) is 3.39. The third-order valence-electron chi connectivity index (χ3n) is 3.80. The first-order valence-corrected chi connectivity index (χ1v) is 8.31. The van der Waals surface area contributed by atoms with Crippen molar-refractivity contribution in [2.45, 2.75) is 39.0 Å². The SMILES string of the molecule is CCN(C)C(=O)c1cccc(C(=O)NCCCCCCC(=O)O)c1. The fraction of sp³-hybridized carbons (Fsp3) is 0.500. The average Bonchev–Trinajstić information content (AvgIpc) is 2.59.